The first-order chi connectivity index (χ1) is 10.4. The third-order valence-corrected chi connectivity index (χ3v) is 4.06. The number of benzene rings is 1. The summed E-state index contributed by atoms with van der Waals surface area (Å²) in [7, 11) is 0. The molecule has 3 rings (SSSR count). The number of anilines is 1. The molecular weight excluding hydrogens is 280 g/mol. The van der Waals surface area contributed by atoms with Crippen LogP contribution in [0.15, 0.2) is 48.7 Å². The number of aromatic nitrogens is 2. The molecule has 0 radical (unpaired) electrons. The predicted molar refractivity (Wildman–Crippen MR) is 88.7 cm³/mol. The van der Waals surface area contributed by atoms with Gasteiger partial charge in [-0.05, 0) is 48.8 Å². The number of nitrogens with zero attached hydrogens (tertiary/aromatic N) is 2. The SMILES string of the molecule is c1ccc(CNCCCNc2nsc3ccccc23)nc1. The van der Waals surface area contributed by atoms with Gasteiger partial charge >= 0.3 is 0 Å². The number of nitrogens with one attached hydrogen (secondary N) is 2. The second-order valence-corrected chi connectivity index (χ2v) is 5.61. The van der Waals surface area contributed by atoms with Crippen molar-refractivity contribution in [1.82, 2.24) is 14.7 Å². The fourth-order valence-corrected chi connectivity index (χ4v) is 2.91. The molecule has 5 heteroatoms. The van der Waals surface area contributed by atoms with E-state index >= 15 is 0 Å². The number of hydrogen-bond acceptors (Lipinski definition) is 5. The molecule has 0 aliphatic rings. The monoisotopic (exact) mass is 298 g/mol. The van der Waals surface area contributed by atoms with E-state index in [0.717, 1.165) is 37.6 Å². The lowest BCUT2D eigenvalue weighted by molar-refractivity contribution is 0.653. The quantitative estimate of drug-likeness (QED) is 0.657. The van der Waals surface area contributed by atoms with E-state index in [-0.39, 0.29) is 0 Å². The first-order valence-electron chi connectivity index (χ1n) is 7.12. The molecule has 0 fully saturated rings. The highest BCUT2D eigenvalue weighted by atomic mass is 32.1. The van der Waals surface area contributed by atoms with Crippen LogP contribution in [0, 0.1) is 0 Å². The highest BCUT2D eigenvalue weighted by Crippen LogP contribution is 2.25. The maximum Gasteiger partial charge on any atom is 0.147 e. The minimum absolute atomic E-state index is 0.820. The molecule has 0 unspecified atom stereocenters. The van der Waals surface area contributed by atoms with Gasteiger partial charge < -0.3 is 10.6 Å². The van der Waals surface area contributed by atoms with Gasteiger partial charge in [0, 0.05) is 24.7 Å². The van der Waals surface area contributed by atoms with E-state index in [0.29, 0.717) is 0 Å². The van der Waals surface area contributed by atoms with Gasteiger partial charge in [0.05, 0.1) is 10.4 Å². The van der Waals surface area contributed by atoms with Crippen LogP contribution in [0.5, 0.6) is 0 Å². The van der Waals surface area contributed by atoms with Crippen molar-refractivity contribution in [1.29, 1.82) is 0 Å². The minimum atomic E-state index is 0.820. The zero-order chi connectivity index (χ0) is 14.3. The molecule has 108 valence electrons. The van der Waals surface area contributed by atoms with Gasteiger partial charge in [-0.2, -0.15) is 4.37 Å². The lowest BCUT2D eigenvalue weighted by Crippen LogP contribution is -2.18. The fraction of sp³-hybridized carbons (Fsp3) is 0.250. The summed E-state index contributed by atoms with van der Waals surface area (Å²) in [6, 6.07) is 14.3. The highest BCUT2D eigenvalue weighted by molar-refractivity contribution is 7.13. The van der Waals surface area contributed by atoms with Gasteiger partial charge in [-0.15, -0.1) is 0 Å². The van der Waals surface area contributed by atoms with E-state index < -0.39 is 0 Å². The van der Waals surface area contributed by atoms with E-state index in [1.54, 1.807) is 11.5 Å². The van der Waals surface area contributed by atoms with E-state index in [4.69, 9.17) is 0 Å². The molecule has 0 saturated carbocycles. The topological polar surface area (TPSA) is 49.8 Å². The molecule has 0 aliphatic heterocycles. The molecule has 0 saturated heterocycles. The van der Waals surface area contributed by atoms with Crippen molar-refractivity contribution in [2.45, 2.75) is 13.0 Å². The van der Waals surface area contributed by atoms with Crippen LogP contribution in [0.25, 0.3) is 10.1 Å². The van der Waals surface area contributed by atoms with Crippen molar-refractivity contribution in [2.24, 2.45) is 0 Å². The molecule has 1 aromatic carbocycles. The van der Waals surface area contributed by atoms with Gasteiger partial charge in [-0.3, -0.25) is 4.98 Å². The van der Waals surface area contributed by atoms with Gasteiger partial charge in [0.25, 0.3) is 0 Å². The molecule has 4 nitrogen and oxygen atoms in total. The average Bonchev–Trinajstić information content (AvgIpc) is 2.95. The molecular formula is C16H18N4S. The number of fused-ring (bicyclic) bond motifs is 1. The maximum absolute atomic E-state index is 4.46. The van der Waals surface area contributed by atoms with Gasteiger partial charge in [0.1, 0.15) is 5.82 Å². The van der Waals surface area contributed by atoms with Gasteiger partial charge in [0.2, 0.25) is 0 Å². The Morgan fingerprint density at radius 1 is 1.00 bits per heavy atom. The third kappa shape index (κ3) is 3.77. The van der Waals surface area contributed by atoms with Crippen molar-refractivity contribution in [3.05, 3.63) is 54.4 Å². The van der Waals surface area contributed by atoms with Crippen LogP contribution in [-0.2, 0) is 6.54 Å². The van der Waals surface area contributed by atoms with Crippen LogP contribution >= 0.6 is 11.5 Å². The van der Waals surface area contributed by atoms with E-state index in [1.807, 2.05) is 30.5 Å². The third-order valence-electron chi connectivity index (χ3n) is 3.23. The second kappa shape index (κ2) is 7.15. The zero-order valence-electron chi connectivity index (χ0n) is 11.7. The summed E-state index contributed by atoms with van der Waals surface area (Å²) >= 11 is 1.54. The van der Waals surface area contributed by atoms with E-state index in [2.05, 4.69) is 38.2 Å². The fourth-order valence-electron chi connectivity index (χ4n) is 2.15. The van der Waals surface area contributed by atoms with Crippen molar-refractivity contribution in [3.8, 4) is 0 Å². The molecule has 0 aliphatic carbocycles. The lowest BCUT2D eigenvalue weighted by Gasteiger charge is -2.05. The van der Waals surface area contributed by atoms with Crippen LogP contribution in [-0.4, -0.2) is 22.4 Å². The zero-order valence-corrected chi connectivity index (χ0v) is 12.6. The Morgan fingerprint density at radius 2 is 1.90 bits per heavy atom. The van der Waals surface area contributed by atoms with Crippen LogP contribution in [0.1, 0.15) is 12.1 Å². The van der Waals surface area contributed by atoms with Crippen LogP contribution in [0.3, 0.4) is 0 Å². The molecule has 21 heavy (non-hydrogen) atoms. The summed E-state index contributed by atoms with van der Waals surface area (Å²) in [5.74, 6) is 1.00. The maximum atomic E-state index is 4.46. The summed E-state index contributed by atoms with van der Waals surface area (Å²) < 4.78 is 5.69. The molecule has 0 bridgehead atoms. The standard InChI is InChI=1S/C16H18N4S/c1-2-8-15-14(7-1)16(20-21-15)19-11-5-9-17-12-13-6-3-4-10-18-13/h1-4,6-8,10,17H,5,9,11-12H2,(H,19,20). The van der Waals surface area contributed by atoms with Crippen LogP contribution in [0.4, 0.5) is 5.82 Å². The molecule has 0 amide bonds. The predicted octanol–water partition coefficient (Wildman–Crippen LogP) is 3.28. The van der Waals surface area contributed by atoms with Crippen LogP contribution in [0.2, 0.25) is 0 Å². The first-order valence-corrected chi connectivity index (χ1v) is 7.90. The first kappa shape index (κ1) is 14.0. The van der Waals surface area contributed by atoms with Gasteiger partial charge in [0.15, 0.2) is 0 Å². The minimum Gasteiger partial charge on any atom is -0.369 e. The molecule has 0 spiro atoms. The lowest BCUT2D eigenvalue weighted by atomic mass is 10.2. The molecule has 2 heterocycles. The van der Waals surface area contributed by atoms with Gasteiger partial charge in [-0.25, -0.2) is 0 Å². The number of hydrogen-bond donors (Lipinski definition) is 2. The van der Waals surface area contributed by atoms with E-state index in [9.17, 15) is 0 Å². The molecule has 2 aromatic heterocycles. The van der Waals surface area contributed by atoms with Crippen molar-refractivity contribution < 1.29 is 0 Å². The van der Waals surface area contributed by atoms with Crippen LogP contribution < -0.4 is 10.6 Å². The van der Waals surface area contributed by atoms with E-state index in [1.165, 1.54) is 10.1 Å². The summed E-state index contributed by atoms with van der Waals surface area (Å²) in [4.78, 5) is 4.28. The van der Waals surface area contributed by atoms with Crippen molar-refractivity contribution in [3.63, 3.8) is 0 Å². The molecule has 0 atom stereocenters. The number of pyridine rings is 1. The normalized spacial score (nSPS) is 10.9. The summed E-state index contributed by atoms with van der Waals surface area (Å²) in [6.45, 7) is 2.70. The van der Waals surface area contributed by atoms with Crippen molar-refractivity contribution in [2.75, 3.05) is 18.4 Å². The highest BCUT2D eigenvalue weighted by Gasteiger charge is 2.03. The molecule has 3 aromatic rings. The second-order valence-electron chi connectivity index (χ2n) is 4.81. The Morgan fingerprint density at radius 3 is 2.81 bits per heavy atom. The number of rotatable bonds is 7. The van der Waals surface area contributed by atoms with Gasteiger partial charge in [-0.1, -0.05) is 18.2 Å². The molecule has 2 N–H and O–H groups in total. The Hall–Kier alpha value is -1.98. The van der Waals surface area contributed by atoms with Crippen molar-refractivity contribution >= 4 is 27.4 Å². The smallest absolute Gasteiger partial charge is 0.147 e. The average molecular weight is 298 g/mol. The summed E-state index contributed by atoms with van der Waals surface area (Å²) in [5, 5.41) is 8.02. The Balaban J connectivity index is 1.39. The Kier molecular flexibility index (Phi) is 4.76. The summed E-state index contributed by atoms with van der Waals surface area (Å²) in [6.07, 6.45) is 2.88. The largest absolute Gasteiger partial charge is 0.369 e. The summed E-state index contributed by atoms with van der Waals surface area (Å²) in [5.41, 5.74) is 1.08. The Labute approximate surface area is 128 Å². The Bertz CT molecular complexity index is 681.